The van der Waals surface area contributed by atoms with Gasteiger partial charge in [0.15, 0.2) is 0 Å². The van der Waals surface area contributed by atoms with Crippen LogP contribution in [-0.4, -0.2) is 49.7 Å². The van der Waals surface area contributed by atoms with Gasteiger partial charge in [0.1, 0.15) is 5.54 Å². The summed E-state index contributed by atoms with van der Waals surface area (Å²) in [6.45, 7) is 11.7. The lowest BCUT2D eigenvalue weighted by Crippen LogP contribution is -2.57. The van der Waals surface area contributed by atoms with Crippen molar-refractivity contribution in [3.63, 3.8) is 0 Å². The van der Waals surface area contributed by atoms with Crippen molar-refractivity contribution in [2.45, 2.75) is 46.1 Å². The molecule has 0 aliphatic carbocycles. The van der Waals surface area contributed by atoms with Crippen molar-refractivity contribution >= 4 is 5.97 Å². The van der Waals surface area contributed by atoms with Gasteiger partial charge in [-0.3, -0.25) is 4.79 Å². The second-order valence-electron chi connectivity index (χ2n) is 4.58. The van der Waals surface area contributed by atoms with E-state index >= 15 is 0 Å². The zero-order valence-corrected chi connectivity index (χ0v) is 12.0. The molecule has 0 bridgehead atoms. The minimum absolute atomic E-state index is 0.186. The van der Waals surface area contributed by atoms with Crippen LogP contribution >= 0.6 is 0 Å². The molecule has 1 N–H and O–H groups in total. The number of hydrogen-bond acceptors (Lipinski definition) is 4. The van der Waals surface area contributed by atoms with Gasteiger partial charge in [-0.05, 0) is 33.0 Å². The molecule has 102 valence electrons. The summed E-state index contributed by atoms with van der Waals surface area (Å²) in [7, 11) is 1.44. The van der Waals surface area contributed by atoms with E-state index in [1.807, 2.05) is 13.8 Å². The fourth-order valence-corrected chi connectivity index (χ4v) is 1.99. The SMILES string of the molecule is CCCCN(CC)CC(C)(NCC)C(=O)OC. The highest BCUT2D eigenvalue weighted by Crippen LogP contribution is 2.10. The van der Waals surface area contributed by atoms with E-state index in [0.29, 0.717) is 6.54 Å². The summed E-state index contributed by atoms with van der Waals surface area (Å²) in [5, 5.41) is 3.23. The average Bonchev–Trinajstić information content (AvgIpc) is 2.33. The van der Waals surface area contributed by atoms with Gasteiger partial charge in [-0.2, -0.15) is 0 Å². The largest absolute Gasteiger partial charge is 0.468 e. The fraction of sp³-hybridized carbons (Fsp3) is 0.923. The number of hydrogen-bond donors (Lipinski definition) is 1. The highest BCUT2D eigenvalue weighted by molar-refractivity contribution is 5.80. The van der Waals surface area contributed by atoms with Crippen LogP contribution in [0.2, 0.25) is 0 Å². The standard InChI is InChI=1S/C13H28N2O2/c1-6-9-10-15(8-3)11-13(4,14-7-2)12(16)17-5/h14H,6-11H2,1-5H3. The van der Waals surface area contributed by atoms with E-state index in [1.165, 1.54) is 13.5 Å². The number of rotatable bonds is 9. The number of nitrogens with one attached hydrogen (secondary N) is 1. The summed E-state index contributed by atoms with van der Waals surface area (Å²) in [5.74, 6) is -0.186. The van der Waals surface area contributed by atoms with Gasteiger partial charge in [-0.25, -0.2) is 0 Å². The number of carbonyl (C=O) groups excluding carboxylic acids is 1. The molecule has 0 spiro atoms. The Bertz CT molecular complexity index is 221. The molecule has 0 aliphatic rings. The molecule has 0 saturated carbocycles. The fourth-order valence-electron chi connectivity index (χ4n) is 1.99. The maximum Gasteiger partial charge on any atom is 0.327 e. The van der Waals surface area contributed by atoms with E-state index in [4.69, 9.17) is 4.74 Å². The smallest absolute Gasteiger partial charge is 0.327 e. The molecule has 0 aromatic carbocycles. The number of likely N-dealkylation sites (N-methyl/N-ethyl adjacent to an activating group) is 2. The predicted molar refractivity (Wildman–Crippen MR) is 71.1 cm³/mol. The van der Waals surface area contributed by atoms with Gasteiger partial charge in [0.05, 0.1) is 7.11 Å². The Kier molecular flexibility index (Phi) is 8.17. The third kappa shape index (κ3) is 5.50. The van der Waals surface area contributed by atoms with Crippen LogP contribution in [0.4, 0.5) is 0 Å². The van der Waals surface area contributed by atoms with Crippen molar-refractivity contribution in [3.05, 3.63) is 0 Å². The van der Waals surface area contributed by atoms with Crippen molar-refractivity contribution in [2.75, 3.05) is 33.3 Å². The normalized spacial score (nSPS) is 14.7. The molecule has 4 nitrogen and oxygen atoms in total. The summed E-state index contributed by atoms with van der Waals surface area (Å²) in [6, 6.07) is 0. The van der Waals surface area contributed by atoms with E-state index in [0.717, 1.165) is 26.1 Å². The molecule has 17 heavy (non-hydrogen) atoms. The maximum absolute atomic E-state index is 11.8. The molecule has 4 heteroatoms. The highest BCUT2D eigenvalue weighted by Gasteiger charge is 2.34. The van der Waals surface area contributed by atoms with Crippen LogP contribution in [0.1, 0.15) is 40.5 Å². The molecule has 0 aromatic rings. The molecule has 0 radical (unpaired) electrons. The highest BCUT2D eigenvalue weighted by atomic mass is 16.5. The van der Waals surface area contributed by atoms with Crippen molar-refractivity contribution in [1.29, 1.82) is 0 Å². The second-order valence-corrected chi connectivity index (χ2v) is 4.58. The number of ether oxygens (including phenoxy) is 1. The summed E-state index contributed by atoms with van der Waals surface area (Å²) in [5.41, 5.74) is -0.604. The lowest BCUT2D eigenvalue weighted by atomic mass is 10.0. The number of methoxy groups -OCH3 is 1. The summed E-state index contributed by atoms with van der Waals surface area (Å²) in [4.78, 5) is 14.1. The van der Waals surface area contributed by atoms with Gasteiger partial charge >= 0.3 is 5.97 Å². The third-order valence-corrected chi connectivity index (χ3v) is 3.02. The Morgan fingerprint density at radius 1 is 1.35 bits per heavy atom. The molecule has 0 aliphatic heterocycles. The molecule has 1 unspecified atom stereocenters. The zero-order chi connectivity index (χ0) is 13.3. The van der Waals surface area contributed by atoms with E-state index in [-0.39, 0.29) is 5.97 Å². The van der Waals surface area contributed by atoms with E-state index < -0.39 is 5.54 Å². The van der Waals surface area contributed by atoms with E-state index in [1.54, 1.807) is 0 Å². The Balaban J connectivity index is 4.53. The number of carbonyl (C=O) groups is 1. The maximum atomic E-state index is 11.8. The van der Waals surface area contributed by atoms with Crippen LogP contribution in [0.3, 0.4) is 0 Å². The topological polar surface area (TPSA) is 41.6 Å². The Morgan fingerprint density at radius 2 is 2.00 bits per heavy atom. The second kappa shape index (κ2) is 8.48. The van der Waals surface area contributed by atoms with E-state index in [2.05, 4.69) is 24.1 Å². The van der Waals surface area contributed by atoms with Crippen LogP contribution in [0.5, 0.6) is 0 Å². The van der Waals surface area contributed by atoms with Crippen molar-refractivity contribution < 1.29 is 9.53 Å². The van der Waals surface area contributed by atoms with Crippen molar-refractivity contribution in [1.82, 2.24) is 10.2 Å². The minimum Gasteiger partial charge on any atom is -0.468 e. The quantitative estimate of drug-likeness (QED) is 0.626. The van der Waals surface area contributed by atoms with Crippen molar-refractivity contribution in [3.8, 4) is 0 Å². The van der Waals surface area contributed by atoms with Gasteiger partial charge in [0.2, 0.25) is 0 Å². The van der Waals surface area contributed by atoms with Crippen LogP contribution in [0.25, 0.3) is 0 Å². The first-order chi connectivity index (χ1) is 8.03. The number of esters is 1. The molecule has 0 saturated heterocycles. The van der Waals surface area contributed by atoms with Crippen LogP contribution < -0.4 is 5.32 Å². The minimum atomic E-state index is -0.604. The number of nitrogens with zero attached hydrogens (tertiary/aromatic N) is 1. The van der Waals surface area contributed by atoms with Gasteiger partial charge in [0, 0.05) is 6.54 Å². The first-order valence-electron chi connectivity index (χ1n) is 6.59. The predicted octanol–water partition coefficient (Wildman–Crippen LogP) is 1.65. The Labute approximate surface area is 106 Å². The van der Waals surface area contributed by atoms with Crippen LogP contribution in [-0.2, 0) is 9.53 Å². The first-order valence-corrected chi connectivity index (χ1v) is 6.59. The number of unbranched alkanes of at least 4 members (excludes halogenated alkanes) is 1. The van der Waals surface area contributed by atoms with Crippen LogP contribution in [0, 0.1) is 0 Å². The molecular weight excluding hydrogens is 216 g/mol. The Hall–Kier alpha value is -0.610. The first kappa shape index (κ1) is 16.4. The molecular formula is C13H28N2O2. The van der Waals surface area contributed by atoms with E-state index in [9.17, 15) is 4.79 Å². The van der Waals surface area contributed by atoms with Crippen LogP contribution in [0.15, 0.2) is 0 Å². The Morgan fingerprint density at radius 3 is 2.41 bits per heavy atom. The van der Waals surface area contributed by atoms with Gasteiger partial charge < -0.3 is 15.0 Å². The monoisotopic (exact) mass is 244 g/mol. The summed E-state index contributed by atoms with van der Waals surface area (Å²) < 4.78 is 4.89. The lowest BCUT2D eigenvalue weighted by molar-refractivity contribution is -0.148. The molecule has 0 heterocycles. The van der Waals surface area contributed by atoms with Crippen molar-refractivity contribution in [2.24, 2.45) is 0 Å². The molecule has 0 amide bonds. The van der Waals surface area contributed by atoms with Gasteiger partial charge in [-0.15, -0.1) is 0 Å². The van der Waals surface area contributed by atoms with Gasteiger partial charge in [-0.1, -0.05) is 27.2 Å². The summed E-state index contributed by atoms with van der Waals surface area (Å²) >= 11 is 0. The zero-order valence-electron chi connectivity index (χ0n) is 12.0. The molecule has 1 atom stereocenters. The molecule has 0 fully saturated rings. The summed E-state index contributed by atoms with van der Waals surface area (Å²) in [6.07, 6.45) is 2.34. The molecule has 0 rings (SSSR count). The molecule has 0 aromatic heterocycles. The average molecular weight is 244 g/mol. The van der Waals surface area contributed by atoms with Gasteiger partial charge in [0.25, 0.3) is 0 Å². The third-order valence-electron chi connectivity index (χ3n) is 3.02. The lowest BCUT2D eigenvalue weighted by Gasteiger charge is -2.33.